The van der Waals surface area contributed by atoms with Crippen molar-refractivity contribution in [1.29, 1.82) is 0 Å². The molecule has 4 aromatic rings. The molecule has 10 nitrogen and oxygen atoms in total. The molecule has 11 heteroatoms. The van der Waals surface area contributed by atoms with Gasteiger partial charge in [-0.3, -0.25) is 4.72 Å². The summed E-state index contributed by atoms with van der Waals surface area (Å²) in [4.78, 5) is 16.9. The number of methoxy groups -OCH3 is 2. The molecule has 2 aromatic carbocycles. The third-order valence-electron chi connectivity index (χ3n) is 4.55. The van der Waals surface area contributed by atoms with Crippen molar-refractivity contribution < 1.29 is 22.6 Å². The number of nitrogens with zero attached hydrogens (tertiary/aromatic N) is 4. The Morgan fingerprint density at radius 1 is 0.800 bits per heavy atom. The molecule has 0 radical (unpaired) electrons. The fraction of sp³-hybridized carbons (Fsp3) is 0.0833. The highest BCUT2D eigenvalue weighted by Crippen LogP contribution is 2.40. The van der Waals surface area contributed by atoms with Gasteiger partial charge >= 0.3 is 0 Å². The molecule has 2 heterocycles. The van der Waals surface area contributed by atoms with E-state index in [1.165, 1.54) is 32.7 Å². The minimum absolute atomic E-state index is 0.0295. The summed E-state index contributed by atoms with van der Waals surface area (Å²) in [5, 5.41) is 1.03. The first-order chi connectivity index (χ1) is 17.0. The summed E-state index contributed by atoms with van der Waals surface area (Å²) >= 11 is 0. The molecule has 4 rings (SSSR count). The third-order valence-corrected chi connectivity index (χ3v) is 5.53. The van der Waals surface area contributed by atoms with Crippen LogP contribution in [0.25, 0.3) is 17.7 Å². The molecule has 2 aromatic heterocycles. The van der Waals surface area contributed by atoms with Crippen LogP contribution in [-0.2, 0) is 10.0 Å². The van der Waals surface area contributed by atoms with Gasteiger partial charge in [0.15, 0.2) is 23.1 Å². The molecule has 0 unspecified atom stereocenters. The van der Waals surface area contributed by atoms with Gasteiger partial charge in [0.25, 0.3) is 15.9 Å². The van der Waals surface area contributed by atoms with Gasteiger partial charge in [0.2, 0.25) is 11.6 Å². The monoisotopic (exact) mass is 491 g/mol. The van der Waals surface area contributed by atoms with Crippen LogP contribution in [-0.4, -0.2) is 42.6 Å². The summed E-state index contributed by atoms with van der Waals surface area (Å²) < 4.78 is 45.0. The molecule has 0 saturated heterocycles. The van der Waals surface area contributed by atoms with Gasteiger partial charge in [-0.25, -0.2) is 23.4 Å². The molecule has 0 fully saturated rings. The highest BCUT2D eigenvalue weighted by molar-refractivity contribution is 7.95. The van der Waals surface area contributed by atoms with Crippen LogP contribution in [0.3, 0.4) is 0 Å². The largest absolute Gasteiger partial charge is 0.493 e. The number of benzene rings is 2. The number of nitrogens with one attached hydrogen (secondary N) is 1. The Bertz CT molecular complexity index is 1430. The fourth-order valence-electron chi connectivity index (χ4n) is 2.96. The minimum Gasteiger partial charge on any atom is -0.493 e. The lowest BCUT2D eigenvalue weighted by atomic mass is 10.2. The van der Waals surface area contributed by atoms with E-state index in [-0.39, 0.29) is 29.1 Å². The molecule has 0 spiro atoms. The molecule has 0 aliphatic rings. The fourth-order valence-corrected chi connectivity index (χ4v) is 3.77. The quantitative estimate of drug-likeness (QED) is 0.367. The van der Waals surface area contributed by atoms with Crippen LogP contribution < -0.4 is 18.9 Å². The lowest BCUT2D eigenvalue weighted by Gasteiger charge is -2.16. The van der Waals surface area contributed by atoms with Crippen molar-refractivity contribution in [2.24, 2.45) is 0 Å². The SMILES string of the molecule is COc1ccccc1Oc1c(NS(=O)(=O)/C=C/c2ccccc2)nc(-c2ncccn2)nc1OC. The molecule has 0 saturated carbocycles. The lowest BCUT2D eigenvalue weighted by molar-refractivity contribution is 0.348. The van der Waals surface area contributed by atoms with E-state index in [1.54, 1.807) is 54.6 Å². The standard InChI is InChI=1S/C24H21N5O5S/c1-32-18-11-6-7-12-19(18)34-20-21(29-35(30,31)16-13-17-9-4-3-5-10-17)27-23(28-24(20)33-2)22-25-14-8-15-26-22/h3-16H,1-2H3,(H,27,28,29)/b16-13+. The lowest BCUT2D eigenvalue weighted by Crippen LogP contribution is -2.13. The van der Waals surface area contributed by atoms with Gasteiger partial charge in [-0.1, -0.05) is 42.5 Å². The predicted molar refractivity (Wildman–Crippen MR) is 131 cm³/mol. The van der Waals surface area contributed by atoms with E-state index in [4.69, 9.17) is 14.2 Å². The van der Waals surface area contributed by atoms with Crippen molar-refractivity contribution >= 4 is 21.9 Å². The Kier molecular flexibility index (Phi) is 7.17. The van der Waals surface area contributed by atoms with Crippen molar-refractivity contribution in [1.82, 2.24) is 19.9 Å². The second kappa shape index (κ2) is 10.6. The maximum atomic E-state index is 12.9. The molecular formula is C24H21N5O5S. The smallest absolute Gasteiger partial charge is 0.263 e. The molecule has 0 amide bonds. The maximum absolute atomic E-state index is 12.9. The van der Waals surface area contributed by atoms with Gasteiger partial charge in [0.05, 0.1) is 19.6 Å². The second-order valence-corrected chi connectivity index (χ2v) is 8.49. The van der Waals surface area contributed by atoms with Crippen molar-refractivity contribution in [3.05, 3.63) is 84.0 Å². The van der Waals surface area contributed by atoms with Gasteiger partial charge in [-0.15, -0.1) is 0 Å². The molecule has 35 heavy (non-hydrogen) atoms. The summed E-state index contributed by atoms with van der Waals surface area (Å²) in [6, 6.07) is 17.5. The minimum atomic E-state index is -4.02. The Balaban J connectivity index is 1.79. The van der Waals surface area contributed by atoms with Crippen LogP contribution in [0.15, 0.2) is 78.5 Å². The van der Waals surface area contributed by atoms with Crippen LogP contribution in [0.4, 0.5) is 5.82 Å². The van der Waals surface area contributed by atoms with Crippen molar-refractivity contribution in [3.8, 4) is 34.8 Å². The molecule has 0 aliphatic carbocycles. The van der Waals surface area contributed by atoms with Crippen LogP contribution in [0.1, 0.15) is 5.56 Å². The maximum Gasteiger partial charge on any atom is 0.263 e. The highest BCUT2D eigenvalue weighted by Gasteiger charge is 2.23. The number of para-hydroxylation sites is 2. The van der Waals surface area contributed by atoms with Gasteiger partial charge in [-0.05, 0) is 29.8 Å². The number of aromatic nitrogens is 4. The van der Waals surface area contributed by atoms with Gasteiger partial charge in [0, 0.05) is 12.4 Å². The van der Waals surface area contributed by atoms with Gasteiger partial charge < -0.3 is 14.2 Å². The molecule has 0 bridgehead atoms. The normalized spacial score (nSPS) is 11.3. The number of sulfonamides is 1. The Labute approximate surface area is 202 Å². The molecule has 1 N–H and O–H groups in total. The van der Waals surface area contributed by atoms with E-state index in [0.717, 1.165) is 5.41 Å². The van der Waals surface area contributed by atoms with E-state index in [1.807, 2.05) is 6.07 Å². The summed E-state index contributed by atoms with van der Waals surface area (Å²) in [6.45, 7) is 0. The first kappa shape index (κ1) is 23.6. The Hall–Kier alpha value is -4.51. The van der Waals surface area contributed by atoms with Crippen LogP contribution >= 0.6 is 0 Å². The number of anilines is 1. The third kappa shape index (κ3) is 5.89. The Morgan fingerprint density at radius 2 is 1.49 bits per heavy atom. The molecule has 178 valence electrons. The zero-order chi connectivity index (χ0) is 24.7. The zero-order valence-electron chi connectivity index (χ0n) is 18.8. The summed E-state index contributed by atoms with van der Waals surface area (Å²) in [7, 11) is -1.15. The number of hydrogen-bond acceptors (Lipinski definition) is 9. The number of ether oxygens (including phenoxy) is 3. The first-order valence-electron chi connectivity index (χ1n) is 10.3. The molecular weight excluding hydrogens is 470 g/mol. The van der Waals surface area contributed by atoms with E-state index in [2.05, 4.69) is 24.7 Å². The first-order valence-corrected chi connectivity index (χ1v) is 11.8. The van der Waals surface area contributed by atoms with Crippen molar-refractivity contribution in [3.63, 3.8) is 0 Å². The summed E-state index contributed by atoms with van der Waals surface area (Å²) in [6.07, 6.45) is 4.50. The van der Waals surface area contributed by atoms with E-state index in [0.29, 0.717) is 17.1 Å². The van der Waals surface area contributed by atoms with E-state index >= 15 is 0 Å². The average molecular weight is 492 g/mol. The van der Waals surface area contributed by atoms with Gasteiger partial charge in [0.1, 0.15) is 0 Å². The summed E-state index contributed by atoms with van der Waals surface area (Å²) in [5.41, 5.74) is 0.710. The number of hydrogen-bond donors (Lipinski definition) is 1. The summed E-state index contributed by atoms with van der Waals surface area (Å²) in [5.74, 6) is 0.688. The average Bonchev–Trinajstić information content (AvgIpc) is 2.89. The highest BCUT2D eigenvalue weighted by atomic mass is 32.2. The molecule has 0 atom stereocenters. The van der Waals surface area contributed by atoms with Crippen molar-refractivity contribution in [2.75, 3.05) is 18.9 Å². The van der Waals surface area contributed by atoms with Gasteiger partial charge in [-0.2, -0.15) is 4.98 Å². The Morgan fingerprint density at radius 3 is 2.17 bits per heavy atom. The molecule has 0 aliphatic heterocycles. The second-order valence-electron chi connectivity index (χ2n) is 6.92. The topological polar surface area (TPSA) is 125 Å². The van der Waals surface area contributed by atoms with Crippen LogP contribution in [0.5, 0.6) is 23.1 Å². The predicted octanol–water partition coefficient (Wildman–Crippen LogP) is 4.16. The van der Waals surface area contributed by atoms with E-state index < -0.39 is 10.0 Å². The van der Waals surface area contributed by atoms with E-state index in [9.17, 15) is 8.42 Å². The number of rotatable bonds is 9. The van der Waals surface area contributed by atoms with Crippen molar-refractivity contribution in [2.45, 2.75) is 0 Å². The van der Waals surface area contributed by atoms with Crippen LogP contribution in [0, 0.1) is 0 Å². The zero-order valence-corrected chi connectivity index (χ0v) is 19.6. The van der Waals surface area contributed by atoms with Crippen LogP contribution in [0.2, 0.25) is 0 Å².